The van der Waals surface area contributed by atoms with Crippen molar-refractivity contribution in [3.63, 3.8) is 0 Å². The number of carbonyl (C=O) groups excluding carboxylic acids is 4. The van der Waals surface area contributed by atoms with Crippen molar-refractivity contribution >= 4 is 47.0 Å². The van der Waals surface area contributed by atoms with E-state index in [0.717, 1.165) is 0 Å². The standard InChI is InChI=1S/C22H24N6O7/c1-33-20(31)11-7-12(21(32)34-2)9-13(8-11)24-19(30)14-10-15(29)25-18-16(14)17(23)26-22(27-18)28-3-5-35-6-4-28/h7-9,14H,3-6,10H2,1-2H3,(H,24,30)(H3,23,25,26,27,29). The minimum atomic E-state index is -0.999. The zero-order valence-corrected chi connectivity index (χ0v) is 19.1. The highest BCUT2D eigenvalue weighted by Crippen LogP contribution is 2.36. The van der Waals surface area contributed by atoms with Crippen LogP contribution in [0.5, 0.6) is 0 Å². The number of aromatic nitrogens is 2. The number of carbonyl (C=O) groups is 4. The van der Waals surface area contributed by atoms with E-state index in [9.17, 15) is 19.2 Å². The lowest BCUT2D eigenvalue weighted by atomic mass is 9.91. The Balaban J connectivity index is 1.65. The van der Waals surface area contributed by atoms with Crippen LogP contribution in [-0.2, 0) is 23.8 Å². The van der Waals surface area contributed by atoms with Crippen molar-refractivity contribution in [2.24, 2.45) is 0 Å². The molecule has 2 aromatic rings. The zero-order valence-electron chi connectivity index (χ0n) is 19.1. The summed E-state index contributed by atoms with van der Waals surface area (Å²) in [6.07, 6.45) is -0.191. The Morgan fingerprint density at radius 3 is 2.31 bits per heavy atom. The predicted octanol–water partition coefficient (Wildman–Crippen LogP) is 0.533. The molecule has 0 spiro atoms. The first kappa shape index (κ1) is 23.9. The Hall–Kier alpha value is -4.26. The fourth-order valence-corrected chi connectivity index (χ4v) is 3.91. The van der Waals surface area contributed by atoms with Gasteiger partial charge in [-0.25, -0.2) is 9.59 Å². The molecular weight excluding hydrogens is 460 g/mol. The molecule has 1 fully saturated rings. The predicted molar refractivity (Wildman–Crippen MR) is 123 cm³/mol. The summed E-state index contributed by atoms with van der Waals surface area (Å²) in [6.45, 7) is 2.15. The van der Waals surface area contributed by atoms with Crippen molar-refractivity contribution in [3.8, 4) is 0 Å². The van der Waals surface area contributed by atoms with E-state index in [2.05, 4.69) is 20.6 Å². The van der Waals surface area contributed by atoms with Crippen molar-refractivity contribution in [2.75, 3.05) is 61.8 Å². The summed E-state index contributed by atoms with van der Waals surface area (Å²) in [4.78, 5) is 60.4. The largest absolute Gasteiger partial charge is 0.465 e. The van der Waals surface area contributed by atoms with E-state index in [1.807, 2.05) is 4.90 Å². The van der Waals surface area contributed by atoms with Crippen LogP contribution in [0, 0.1) is 0 Å². The van der Waals surface area contributed by atoms with Crippen LogP contribution in [0.1, 0.15) is 38.6 Å². The number of fused-ring (bicyclic) bond motifs is 1. The van der Waals surface area contributed by atoms with E-state index in [4.69, 9.17) is 19.9 Å². The molecule has 4 rings (SSSR count). The summed E-state index contributed by atoms with van der Waals surface area (Å²) in [6, 6.07) is 3.98. The molecule has 0 bridgehead atoms. The molecule has 3 heterocycles. The number of amides is 2. The monoisotopic (exact) mass is 484 g/mol. The van der Waals surface area contributed by atoms with E-state index >= 15 is 0 Å². The van der Waals surface area contributed by atoms with Gasteiger partial charge in [0, 0.05) is 25.2 Å². The number of methoxy groups -OCH3 is 2. The first-order chi connectivity index (χ1) is 16.8. The number of nitrogens with two attached hydrogens (primary N) is 1. The number of nitrogen functional groups attached to an aromatic ring is 1. The minimum absolute atomic E-state index is 0.0329. The van der Waals surface area contributed by atoms with Gasteiger partial charge >= 0.3 is 11.9 Å². The topological polar surface area (TPSA) is 175 Å². The molecule has 1 aromatic heterocycles. The first-order valence-corrected chi connectivity index (χ1v) is 10.7. The highest BCUT2D eigenvalue weighted by atomic mass is 16.5. The van der Waals surface area contributed by atoms with Gasteiger partial charge in [-0.2, -0.15) is 9.97 Å². The summed E-state index contributed by atoms with van der Waals surface area (Å²) in [5, 5.41) is 5.31. The number of morpholine rings is 1. The molecule has 2 aliphatic rings. The van der Waals surface area contributed by atoms with Crippen molar-refractivity contribution in [1.82, 2.24) is 9.97 Å². The van der Waals surface area contributed by atoms with Gasteiger partial charge in [0.15, 0.2) is 0 Å². The van der Waals surface area contributed by atoms with Gasteiger partial charge in [-0.1, -0.05) is 0 Å². The third kappa shape index (κ3) is 4.99. The van der Waals surface area contributed by atoms with Crippen LogP contribution in [0.4, 0.5) is 23.3 Å². The quantitative estimate of drug-likeness (QED) is 0.505. The number of benzene rings is 1. The van der Waals surface area contributed by atoms with Gasteiger partial charge in [0.1, 0.15) is 11.6 Å². The van der Waals surface area contributed by atoms with Gasteiger partial charge in [-0.15, -0.1) is 0 Å². The summed E-state index contributed by atoms with van der Waals surface area (Å²) in [5.41, 5.74) is 6.71. The number of nitrogens with zero attached hydrogens (tertiary/aromatic N) is 3. The minimum Gasteiger partial charge on any atom is -0.465 e. The number of ether oxygens (including phenoxy) is 3. The van der Waals surface area contributed by atoms with Crippen LogP contribution in [0.25, 0.3) is 0 Å². The first-order valence-electron chi connectivity index (χ1n) is 10.7. The summed E-state index contributed by atoms with van der Waals surface area (Å²) >= 11 is 0. The fourth-order valence-electron chi connectivity index (χ4n) is 3.91. The molecule has 2 aliphatic heterocycles. The van der Waals surface area contributed by atoms with E-state index in [0.29, 0.717) is 32.3 Å². The van der Waals surface area contributed by atoms with Crippen LogP contribution >= 0.6 is 0 Å². The van der Waals surface area contributed by atoms with Crippen molar-refractivity contribution < 1.29 is 33.4 Å². The lowest BCUT2D eigenvalue weighted by Crippen LogP contribution is -2.38. The smallest absolute Gasteiger partial charge is 0.337 e. The lowest BCUT2D eigenvalue weighted by Gasteiger charge is -2.30. The average Bonchev–Trinajstić information content (AvgIpc) is 2.87. The molecule has 35 heavy (non-hydrogen) atoms. The molecule has 1 atom stereocenters. The van der Waals surface area contributed by atoms with Gasteiger partial charge in [0.2, 0.25) is 17.8 Å². The Labute approximate surface area is 199 Å². The van der Waals surface area contributed by atoms with Crippen molar-refractivity contribution in [2.45, 2.75) is 12.3 Å². The molecule has 4 N–H and O–H groups in total. The molecule has 2 amide bonds. The molecule has 1 saturated heterocycles. The van der Waals surface area contributed by atoms with Crippen LogP contribution in [0.15, 0.2) is 18.2 Å². The maximum atomic E-state index is 13.3. The molecule has 1 unspecified atom stereocenters. The molecule has 13 nitrogen and oxygen atoms in total. The highest BCUT2D eigenvalue weighted by Gasteiger charge is 2.35. The van der Waals surface area contributed by atoms with Gasteiger partial charge in [-0.3, -0.25) is 9.59 Å². The van der Waals surface area contributed by atoms with E-state index in [1.54, 1.807) is 0 Å². The van der Waals surface area contributed by atoms with E-state index in [-0.39, 0.29) is 40.4 Å². The Kier molecular flexibility index (Phi) is 6.78. The average molecular weight is 484 g/mol. The molecule has 0 aliphatic carbocycles. The van der Waals surface area contributed by atoms with Gasteiger partial charge < -0.3 is 35.5 Å². The Bertz CT molecular complexity index is 1160. The summed E-state index contributed by atoms with van der Waals surface area (Å²) < 4.78 is 14.8. The van der Waals surface area contributed by atoms with Gasteiger partial charge in [0.05, 0.1) is 50.0 Å². The number of nitrogens with one attached hydrogen (secondary N) is 2. The normalized spacial score (nSPS) is 17.1. The number of esters is 2. The maximum absolute atomic E-state index is 13.3. The maximum Gasteiger partial charge on any atom is 0.337 e. The summed E-state index contributed by atoms with van der Waals surface area (Å²) in [7, 11) is 2.38. The second-order valence-corrected chi connectivity index (χ2v) is 7.85. The Morgan fingerprint density at radius 2 is 1.71 bits per heavy atom. The molecule has 184 valence electrons. The number of hydrogen-bond donors (Lipinski definition) is 3. The van der Waals surface area contributed by atoms with Crippen LogP contribution < -0.4 is 21.3 Å². The number of rotatable bonds is 5. The lowest BCUT2D eigenvalue weighted by molar-refractivity contribution is -0.123. The highest BCUT2D eigenvalue weighted by molar-refractivity contribution is 6.06. The number of hydrogen-bond acceptors (Lipinski definition) is 11. The SMILES string of the molecule is COC(=O)c1cc(NC(=O)C2CC(=O)Nc3nc(N4CCOCC4)nc(N)c32)cc(C(=O)OC)c1. The second kappa shape index (κ2) is 9.93. The van der Waals surface area contributed by atoms with Crippen LogP contribution in [-0.4, -0.2) is 74.2 Å². The third-order valence-electron chi connectivity index (χ3n) is 5.61. The fraction of sp³-hybridized carbons (Fsp3) is 0.364. The van der Waals surface area contributed by atoms with Gasteiger partial charge in [-0.05, 0) is 18.2 Å². The van der Waals surface area contributed by atoms with Crippen molar-refractivity contribution in [3.05, 3.63) is 34.9 Å². The molecule has 1 aromatic carbocycles. The van der Waals surface area contributed by atoms with E-state index < -0.39 is 29.7 Å². The van der Waals surface area contributed by atoms with Crippen molar-refractivity contribution in [1.29, 1.82) is 0 Å². The van der Waals surface area contributed by atoms with Crippen LogP contribution in [0.3, 0.4) is 0 Å². The van der Waals surface area contributed by atoms with Gasteiger partial charge in [0.25, 0.3) is 0 Å². The Morgan fingerprint density at radius 1 is 1.09 bits per heavy atom. The van der Waals surface area contributed by atoms with Crippen LogP contribution in [0.2, 0.25) is 0 Å². The number of anilines is 4. The molecule has 0 saturated carbocycles. The zero-order chi connectivity index (χ0) is 25.1. The molecule has 0 radical (unpaired) electrons. The summed E-state index contributed by atoms with van der Waals surface area (Å²) in [5.74, 6) is -2.86. The molecule has 13 heteroatoms. The third-order valence-corrected chi connectivity index (χ3v) is 5.61. The molecular formula is C22H24N6O7. The van der Waals surface area contributed by atoms with E-state index in [1.165, 1.54) is 32.4 Å². The second-order valence-electron chi connectivity index (χ2n) is 7.85.